The maximum absolute atomic E-state index is 12.3. The van der Waals surface area contributed by atoms with Crippen molar-refractivity contribution >= 4 is 40.1 Å². The Morgan fingerprint density at radius 3 is 2.60 bits per heavy atom. The number of carboxylic acid groups (broad SMARTS) is 1. The van der Waals surface area contributed by atoms with Crippen LogP contribution >= 0.6 is 23.2 Å². The van der Waals surface area contributed by atoms with Gasteiger partial charge in [-0.15, -0.1) is 5.10 Å². The number of aromatic carboxylic acids is 1. The van der Waals surface area contributed by atoms with Gasteiger partial charge in [0.25, 0.3) is 0 Å². The molecule has 35 heavy (non-hydrogen) atoms. The van der Waals surface area contributed by atoms with E-state index in [4.69, 9.17) is 23.2 Å². The number of halogens is 2. The highest BCUT2D eigenvalue weighted by atomic mass is 35.5. The van der Waals surface area contributed by atoms with Gasteiger partial charge in [0.05, 0.1) is 12.6 Å². The monoisotopic (exact) mass is 512 g/mol. The highest BCUT2D eigenvalue weighted by Crippen LogP contribution is 2.34. The molecule has 0 radical (unpaired) electrons. The molecular formula is C25H26Cl2N6O2. The Bertz CT molecular complexity index is 1330. The van der Waals surface area contributed by atoms with Crippen LogP contribution in [-0.2, 0) is 6.54 Å². The lowest BCUT2D eigenvalue weighted by Gasteiger charge is -2.25. The number of tetrazole rings is 1. The number of aromatic nitrogens is 5. The first kappa shape index (κ1) is 23.8. The van der Waals surface area contributed by atoms with Crippen LogP contribution in [0.4, 0.5) is 0 Å². The number of hydrogen-bond acceptors (Lipinski definition) is 5. The van der Waals surface area contributed by atoms with E-state index in [0.717, 1.165) is 30.3 Å². The number of hydrogen-bond donors (Lipinski definition) is 3. The summed E-state index contributed by atoms with van der Waals surface area (Å²) in [5.41, 5.74) is 2.35. The van der Waals surface area contributed by atoms with Crippen LogP contribution in [0.2, 0.25) is 10.0 Å². The molecule has 10 heteroatoms. The van der Waals surface area contributed by atoms with Crippen LogP contribution in [0, 0.1) is 5.92 Å². The van der Waals surface area contributed by atoms with E-state index in [9.17, 15) is 9.90 Å². The molecule has 1 aliphatic rings. The lowest BCUT2D eigenvalue weighted by atomic mass is 9.89. The van der Waals surface area contributed by atoms with Crippen LogP contribution in [0.1, 0.15) is 65.6 Å². The molecular weight excluding hydrogens is 487 g/mol. The predicted molar refractivity (Wildman–Crippen MR) is 135 cm³/mol. The quantitative estimate of drug-likeness (QED) is 0.289. The number of rotatable bonds is 8. The van der Waals surface area contributed by atoms with E-state index < -0.39 is 12.0 Å². The molecule has 0 aliphatic heterocycles. The van der Waals surface area contributed by atoms with Gasteiger partial charge in [-0.2, -0.15) is 0 Å². The molecule has 0 saturated heterocycles. The zero-order valence-corrected chi connectivity index (χ0v) is 20.6. The number of benzene rings is 2. The van der Waals surface area contributed by atoms with Crippen LogP contribution in [0.5, 0.6) is 0 Å². The van der Waals surface area contributed by atoms with Crippen molar-refractivity contribution in [1.82, 2.24) is 30.5 Å². The lowest BCUT2D eigenvalue weighted by molar-refractivity contribution is 0.0689. The summed E-state index contributed by atoms with van der Waals surface area (Å²) in [7, 11) is 0. The summed E-state index contributed by atoms with van der Waals surface area (Å²) in [5.74, 6) is 0.0300. The molecule has 2 heterocycles. The first-order valence-corrected chi connectivity index (χ1v) is 12.5. The Morgan fingerprint density at radius 1 is 1.11 bits per heavy atom. The topological polar surface area (TPSA) is 109 Å². The van der Waals surface area contributed by atoms with Crippen molar-refractivity contribution in [1.29, 1.82) is 0 Å². The standard InChI is InChI=1S/C25H26Cl2N6O2/c26-17-8-6-16(7-9-17)14-33-24(30-31-32-33)22(28-13-15-4-2-1-3-5-15)21-19-11-10-18(27)12-20(19)29-23(21)25(34)35/h6-12,15,22,28-29H,1-5,13-14H2,(H,34,35). The molecule has 1 unspecified atom stereocenters. The first-order valence-electron chi connectivity index (χ1n) is 11.8. The molecule has 1 atom stereocenters. The van der Waals surface area contributed by atoms with Gasteiger partial charge in [-0.1, -0.05) is 60.7 Å². The molecule has 1 saturated carbocycles. The fraction of sp³-hybridized carbons (Fsp3) is 0.360. The fourth-order valence-corrected chi connectivity index (χ4v) is 5.25. The smallest absolute Gasteiger partial charge is 0.352 e. The molecule has 1 fully saturated rings. The summed E-state index contributed by atoms with van der Waals surface area (Å²) in [5, 5.41) is 28.2. The van der Waals surface area contributed by atoms with Gasteiger partial charge in [0, 0.05) is 26.5 Å². The summed E-state index contributed by atoms with van der Waals surface area (Å²) in [4.78, 5) is 15.3. The molecule has 0 spiro atoms. The normalized spacial score (nSPS) is 15.5. The van der Waals surface area contributed by atoms with Gasteiger partial charge in [-0.3, -0.25) is 0 Å². The Morgan fingerprint density at radius 2 is 1.86 bits per heavy atom. The first-order chi connectivity index (χ1) is 17.0. The number of nitrogens with zero attached hydrogens (tertiary/aromatic N) is 4. The molecule has 3 N–H and O–H groups in total. The minimum absolute atomic E-state index is 0.101. The van der Waals surface area contributed by atoms with Crippen LogP contribution in [0.15, 0.2) is 42.5 Å². The number of carboxylic acids is 1. The van der Waals surface area contributed by atoms with E-state index in [0.29, 0.717) is 39.4 Å². The molecule has 0 amide bonds. The Labute approximate surface area is 212 Å². The average Bonchev–Trinajstić information content (AvgIpc) is 3.46. The Kier molecular flexibility index (Phi) is 7.04. The summed E-state index contributed by atoms with van der Waals surface area (Å²) in [6.07, 6.45) is 6.02. The largest absolute Gasteiger partial charge is 0.477 e. The molecule has 2 aromatic heterocycles. The van der Waals surface area contributed by atoms with E-state index >= 15 is 0 Å². The van der Waals surface area contributed by atoms with Crippen LogP contribution in [0.3, 0.4) is 0 Å². The molecule has 8 nitrogen and oxygen atoms in total. The summed E-state index contributed by atoms with van der Waals surface area (Å²) >= 11 is 12.2. The van der Waals surface area contributed by atoms with Crippen molar-refractivity contribution in [2.75, 3.05) is 6.54 Å². The summed E-state index contributed by atoms with van der Waals surface area (Å²) < 4.78 is 1.71. The van der Waals surface area contributed by atoms with E-state index in [1.165, 1.54) is 19.3 Å². The number of carbonyl (C=O) groups is 1. The van der Waals surface area contributed by atoms with E-state index in [-0.39, 0.29) is 5.69 Å². The van der Waals surface area contributed by atoms with Crippen molar-refractivity contribution in [3.63, 3.8) is 0 Å². The van der Waals surface area contributed by atoms with Crippen molar-refractivity contribution in [2.45, 2.75) is 44.7 Å². The maximum atomic E-state index is 12.3. The second-order valence-corrected chi connectivity index (χ2v) is 9.95. The van der Waals surface area contributed by atoms with Crippen molar-refractivity contribution in [3.8, 4) is 0 Å². The van der Waals surface area contributed by atoms with Crippen LogP contribution < -0.4 is 5.32 Å². The molecule has 4 aromatic rings. The van der Waals surface area contributed by atoms with E-state index in [2.05, 4.69) is 25.8 Å². The van der Waals surface area contributed by atoms with Gasteiger partial charge >= 0.3 is 5.97 Å². The lowest BCUT2D eigenvalue weighted by Crippen LogP contribution is -2.32. The Hall–Kier alpha value is -2.94. The van der Waals surface area contributed by atoms with Crippen LogP contribution in [-0.4, -0.2) is 42.8 Å². The van der Waals surface area contributed by atoms with Crippen molar-refractivity contribution in [2.24, 2.45) is 5.92 Å². The highest BCUT2D eigenvalue weighted by Gasteiger charge is 2.30. The van der Waals surface area contributed by atoms with E-state index in [1.807, 2.05) is 30.3 Å². The van der Waals surface area contributed by atoms with Gasteiger partial charge < -0.3 is 15.4 Å². The third-order valence-electron chi connectivity index (χ3n) is 6.70. The number of aromatic amines is 1. The average molecular weight is 513 g/mol. The van der Waals surface area contributed by atoms with Gasteiger partial charge in [-0.25, -0.2) is 9.48 Å². The number of fused-ring (bicyclic) bond motifs is 1. The maximum Gasteiger partial charge on any atom is 0.352 e. The summed E-state index contributed by atoms with van der Waals surface area (Å²) in [6, 6.07) is 12.3. The van der Waals surface area contributed by atoms with Gasteiger partial charge in [0.15, 0.2) is 5.82 Å². The highest BCUT2D eigenvalue weighted by molar-refractivity contribution is 6.31. The Balaban J connectivity index is 1.57. The molecule has 5 rings (SSSR count). The molecule has 0 bridgehead atoms. The van der Waals surface area contributed by atoms with Crippen molar-refractivity contribution < 1.29 is 9.90 Å². The second kappa shape index (κ2) is 10.4. The minimum atomic E-state index is -1.05. The third kappa shape index (κ3) is 5.19. The molecule has 182 valence electrons. The molecule has 2 aromatic carbocycles. The zero-order chi connectivity index (χ0) is 24.4. The summed E-state index contributed by atoms with van der Waals surface area (Å²) in [6.45, 7) is 1.18. The van der Waals surface area contributed by atoms with E-state index in [1.54, 1.807) is 16.8 Å². The second-order valence-electron chi connectivity index (χ2n) is 9.08. The van der Waals surface area contributed by atoms with Crippen molar-refractivity contribution in [3.05, 3.63) is 75.2 Å². The van der Waals surface area contributed by atoms with Gasteiger partial charge in [-0.05, 0) is 65.6 Å². The minimum Gasteiger partial charge on any atom is -0.477 e. The SMILES string of the molecule is O=C(O)c1[nH]c2cc(Cl)ccc2c1C(NCC1CCCCC1)c1nnnn1Cc1ccc(Cl)cc1. The van der Waals surface area contributed by atoms with Gasteiger partial charge in [0.2, 0.25) is 0 Å². The number of nitrogens with one attached hydrogen (secondary N) is 2. The third-order valence-corrected chi connectivity index (χ3v) is 7.19. The van der Waals surface area contributed by atoms with Gasteiger partial charge in [0.1, 0.15) is 5.69 Å². The van der Waals surface area contributed by atoms with Crippen LogP contribution in [0.25, 0.3) is 10.9 Å². The number of H-pyrrole nitrogens is 1. The zero-order valence-electron chi connectivity index (χ0n) is 19.0. The fourth-order valence-electron chi connectivity index (χ4n) is 4.95. The molecule has 1 aliphatic carbocycles. The predicted octanol–water partition coefficient (Wildman–Crippen LogP) is 5.47.